The van der Waals surface area contributed by atoms with E-state index in [1.807, 2.05) is 12.2 Å². The van der Waals surface area contributed by atoms with Crippen LogP contribution in [0, 0.1) is 0 Å². The Hall–Kier alpha value is 0.849. The molecule has 0 aromatic heterocycles. The summed E-state index contributed by atoms with van der Waals surface area (Å²) in [5.41, 5.74) is 0. The Kier molecular flexibility index (Phi) is 22.9. The van der Waals surface area contributed by atoms with E-state index >= 15 is 0 Å². The molecule has 0 aliphatic rings. The molecule has 0 fully saturated rings. The normalized spacial score (nSPS) is 8.46. The van der Waals surface area contributed by atoms with E-state index in [4.69, 9.17) is 0 Å². The molecule has 0 aliphatic carbocycles. The Bertz CT molecular complexity index is 97.5. The van der Waals surface area contributed by atoms with Crippen molar-refractivity contribution in [2.75, 3.05) is 0 Å². The van der Waals surface area contributed by atoms with Gasteiger partial charge in [0, 0.05) is 45.3 Å². The Morgan fingerprint density at radius 1 is 0.846 bits per heavy atom. The molecule has 0 amide bonds. The van der Waals surface area contributed by atoms with Gasteiger partial charge in [0.05, 0.1) is 0 Å². The summed E-state index contributed by atoms with van der Waals surface area (Å²) in [4.78, 5) is 0. The minimum atomic E-state index is -0.00360. The molecule has 0 saturated carbocycles. The van der Waals surface area contributed by atoms with Crippen LogP contribution in [0.4, 0.5) is 0 Å². The summed E-state index contributed by atoms with van der Waals surface area (Å²) in [5, 5.41) is 0. The van der Waals surface area contributed by atoms with Crippen molar-refractivity contribution >= 4 is 17.6 Å². The molecule has 0 aromatic rings. The van der Waals surface area contributed by atoms with Crippen molar-refractivity contribution < 1.29 is 27.7 Å². The average molecular weight is 399 g/mol. The van der Waals surface area contributed by atoms with Crippen LogP contribution in [0.1, 0.15) is 0 Å². The van der Waals surface area contributed by atoms with Gasteiger partial charge in [-0.3, -0.25) is 0 Å². The molecule has 0 heterocycles. The number of rotatable bonds is 4. The van der Waals surface area contributed by atoms with Gasteiger partial charge in [0.25, 0.3) is 0 Å². The van der Waals surface area contributed by atoms with Gasteiger partial charge in [0.15, 0.2) is 0 Å². The van der Waals surface area contributed by atoms with E-state index in [1.165, 1.54) is 12.1 Å². The summed E-state index contributed by atoms with van der Waals surface area (Å²) >= 11 is 0. The van der Waals surface area contributed by atoms with Gasteiger partial charge in [0.2, 0.25) is 0 Å². The van der Waals surface area contributed by atoms with Crippen molar-refractivity contribution in [1.82, 2.24) is 0 Å². The third-order valence-electron chi connectivity index (χ3n) is 1.11. The molecule has 0 nitrogen and oxygen atoms in total. The van der Waals surface area contributed by atoms with E-state index in [-0.39, 0.29) is 45.3 Å². The molecule has 0 aromatic carbocycles. The van der Waals surface area contributed by atoms with Crippen LogP contribution < -0.4 is 0 Å². The zero-order chi connectivity index (χ0) is 9.98. The molecule has 0 aliphatic heterocycles. The van der Waals surface area contributed by atoms with Gasteiger partial charge in [-0.05, 0) is 12.1 Å². The van der Waals surface area contributed by atoms with Gasteiger partial charge in [-0.15, -0.1) is 13.2 Å². The van der Waals surface area contributed by atoms with Crippen LogP contribution in [0.5, 0.6) is 0 Å². The molecule has 0 bridgehead atoms. The smallest absolute Gasteiger partial charge is 0.0452 e. The maximum Gasteiger partial charge on any atom is 0.0452 e. The quantitative estimate of drug-likeness (QED) is 0.498. The first-order valence-electron chi connectivity index (χ1n) is 4.34. The molecule has 72 valence electrons. The fourth-order valence-corrected chi connectivity index (χ4v) is 1.73. The Morgan fingerprint density at radius 3 is 1.08 bits per heavy atom. The van der Waals surface area contributed by atoms with E-state index in [0.717, 1.165) is 0 Å². The first-order chi connectivity index (χ1) is 5.54. The van der Waals surface area contributed by atoms with Crippen LogP contribution in [-0.4, -0.2) is 17.6 Å². The van der Waals surface area contributed by atoms with Gasteiger partial charge >= 0.3 is 0 Å². The van der Waals surface area contributed by atoms with Crippen LogP contribution in [0.3, 0.4) is 0 Å². The second-order valence-electron chi connectivity index (χ2n) is 3.40. The van der Waals surface area contributed by atoms with Crippen molar-refractivity contribution in [2.45, 2.75) is 38.3 Å². The van der Waals surface area contributed by atoms with E-state index < -0.39 is 0 Å². The largest absolute Gasteiger partial charge is 0.103 e. The Labute approximate surface area is 108 Å². The van der Waals surface area contributed by atoms with Crippen LogP contribution in [0.15, 0.2) is 25.3 Å². The van der Waals surface area contributed by atoms with Gasteiger partial charge in [-0.2, -0.15) is 0 Å². The minimum absolute atomic E-state index is 0. The summed E-state index contributed by atoms with van der Waals surface area (Å²) in [6.07, 6.45) is 3.99. The van der Waals surface area contributed by atoms with E-state index in [2.05, 4.69) is 39.3 Å². The van der Waals surface area contributed by atoms with Crippen molar-refractivity contribution in [3.63, 3.8) is 0 Å². The molecule has 0 rings (SSSR count). The van der Waals surface area contributed by atoms with Crippen molar-refractivity contribution in [3.05, 3.63) is 25.3 Å². The Morgan fingerprint density at radius 2 is 1.08 bits per heavy atom. The predicted octanol–water partition coefficient (Wildman–Crippen LogP) is 3.85. The second kappa shape index (κ2) is 15.3. The molecule has 3 heteroatoms. The van der Waals surface area contributed by atoms with Crippen LogP contribution in [-0.2, 0) is 27.7 Å². The minimum Gasteiger partial charge on any atom is -0.103 e. The average Bonchev–Trinajstić information content (AvgIpc) is 1.87. The fraction of sp³-hybridized carbons (Fsp3) is 0.600. The second-order valence-corrected chi connectivity index (χ2v) is 9.04. The zero-order valence-corrected chi connectivity index (χ0v) is 17.2. The van der Waals surface area contributed by atoms with Crippen LogP contribution >= 0.6 is 0 Å². The SMILES string of the molecule is C=CC[Si](C)C.C=CC[Si](C)C.[Hg]. The fourth-order valence-electron chi connectivity index (χ4n) is 0.577. The molecule has 0 unspecified atom stereocenters. The van der Waals surface area contributed by atoms with E-state index in [0.29, 0.717) is 0 Å². The maximum atomic E-state index is 3.63. The standard InChI is InChI=1S/2C5H11Si.Hg/c2*1-4-5-6(2)3;/h2*4H,1,5H2,2-3H3;. The first kappa shape index (κ1) is 19.4. The number of hydrogen-bond donors (Lipinski definition) is 0. The molecule has 13 heavy (non-hydrogen) atoms. The molecular formula is C10H22HgSi2. The van der Waals surface area contributed by atoms with Gasteiger partial charge in [-0.1, -0.05) is 38.3 Å². The van der Waals surface area contributed by atoms with Crippen LogP contribution in [0.25, 0.3) is 0 Å². The maximum absolute atomic E-state index is 3.63. The van der Waals surface area contributed by atoms with Crippen molar-refractivity contribution in [2.24, 2.45) is 0 Å². The molecule has 2 radical (unpaired) electrons. The van der Waals surface area contributed by atoms with Gasteiger partial charge < -0.3 is 0 Å². The van der Waals surface area contributed by atoms with E-state index in [9.17, 15) is 0 Å². The summed E-state index contributed by atoms with van der Waals surface area (Å²) in [6, 6.07) is 2.48. The van der Waals surface area contributed by atoms with Crippen molar-refractivity contribution in [3.8, 4) is 0 Å². The first-order valence-corrected chi connectivity index (χ1v) is 9.75. The molecular weight excluding hydrogens is 377 g/mol. The third-order valence-corrected chi connectivity index (χ3v) is 3.32. The topological polar surface area (TPSA) is 0 Å². The zero-order valence-electron chi connectivity index (χ0n) is 9.69. The van der Waals surface area contributed by atoms with E-state index in [1.54, 1.807) is 0 Å². The third kappa shape index (κ3) is 32.2. The summed E-state index contributed by atoms with van der Waals surface area (Å²) in [5.74, 6) is 0. The summed E-state index contributed by atoms with van der Waals surface area (Å²) < 4.78 is 0. The van der Waals surface area contributed by atoms with Crippen molar-refractivity contribution in [1.29, 1.82) is 0 Å². The molecule has 0 spiro atoms. The predicted molar refractivity (Wildman–Crippen MR) is 65.0 cm³/mol. The molecule has 0 saturated heterocycles. The van der Waals surface area contributed by atoms with Crippen LogP contribution in [0.2, 0.25) is 38.3 Å². The van der Waals surface area contributed by atoms with Gasteiger partial charge in [0.1, 0.15) is 0 Å². The Balaban J connectivity index is -0.000000143. The molecule has 0 atom stereocenters. The summed E-state index contributed by atoms with van der Waals surface area (Å²) in [6.45, 7) is 16.4. The van der Waals surface area contributed by atoms with Gasteiger partial charge in [-0.25, -0.2) is 0 Å². The molecule has 0 N–H and O–H groups in total. The number of allylic oxidation sites excluding steroid dienone is 2. The summed E-state index contributed by atoms with van der Waals surface area (Å²) in [7, 11) is -0.00720. The monoisotopic (exact) mass is 400 g/mol. The number of hydrogen-bond acceptors (Lipinski definition) is 0.